The molecular weight excluding hydrogens is 352 g/mol. The maximum absolute atomic E-state index is 10.2. The van der Waals surface area contributed by atoms with E-state index < -0.39 is 0 Å². The zero-order chi connectivity index (χ0) is 21.0. The van der Waals surface area contributed by atoms with Crippen LogP contribution in [0.5, 0.6) is 0 Å². The summed E-state index contributed by atoms with van der Waals surface area (Å²) in [6, 6.07) is 0. The van der Waals surface area contributed by atoms with E-state index in [2.05, 4.69) is 59.8 Å². The van der Waals surface area contributed by atoms with Gasteiger partial charge in [-0.05, 0) is 104 Å². The average Bonchev–Trinajstić information content (AvgIpc) is 3.03. The molecule has 4 aliphatic rings. The van der Waals surface area contributed by atoms with Crippen LogP contribution in [0.3, 0.4) is 0 Å². The fourth-order valence-corrected chi connectivity index (χ4v) is 8.10. The summed E-state index contributed by atoms with van der Waals surface area (Å²) in [5.41, 5.74) is 2.79. The number of hydrogen-bond acceptors (Lipinski definition) is 1. The molecule has 0 amide bonds. The molecule has 9 atom stereocenters. The van der Waals surface area contributed by atoms with Gasteiger partial charge in [0.1, 0.15) is 0 Å². The van der Waals surface area contributed by atoms with E-state index in [4.69, 9.17) is 0 Å². The first kappa shape index (κ1) is 21.7. The van der Waals surface area contributed by atoms with E-state index in [-0.39, 0.29) is 6.10 Å². The van der Waals surface area contributed by atoms with Crippen LogP contribution in [0.4, 0.5) is 0 Å². The number of rotatable bonds is 4. The fraction of sp³-hybridized carbons (Fsp3) is 0.857. The van der Waals surface area contributed by atoms with Crippen molar-refractivity contribution in [3.63, 3.8) is 0 Å². The second-order valence-electron chi connectivity index (χ2n) is 12.3. The molecule has 0 heterocycles. The first-order valence-corrected chi connectivity index (χ1v) is 12.7. The lowest BCUT2D eigenvalue weighted by molar-refractivity contribution is -0.0414. The summed E-state index contributed by atoms with van der Waals surface area (Å²) in [4.78, 5) is 0. The number of aliphatic hydroxyl groups excluding tert-OH is 1. The molecule has 1 N–H and O–H groups in total. The maximum atomic E-state index is 10.2. The molecule has 0 spiro atoms. The van der Waals surface area contributed by atoms with Crippen molar-refractivity contribution in [2.75, 3.05) is 0 Å². The Morgan fingerprint density at radius 1 is 0.931 bits per heavy atom. The molecule has 164 valence electrons. The predicted octanol–water partition coefficient (Wildman–Crippen LogP) is 7.41. The summed E-state index contributed by atoms with van der Waals surface area (Å²) in [6.07, 6.45) is 17.8. The van der Waals surface area contributed by atoms with Crippen LogP contribution in [0.15, 0.2) is 23.8 Å². The van der Waals surface area contributed by atoms with E-state index in [0.29, 0.717) is 28.6 Å². The Balaban J connectivity index is 1.54. The van der Waals surface area contributed by atoms with E-state index in [9.17, 15) is 5.11 Å². The molecule has 0 bridgehead atoms. The van der Waals surface area contributed by atoms with Crippen molar-refractivity contribution in [3.05, 3.63) is 23.8 Å². The third kappa shape index (κ3) is 3.58. The van der Waals surface area contributed by atoms with Crippen LogP contribution in [0, 0.1) is 52.3 Å². The lowest BCUT2D eigenvalue weighted by atomic mass is 9.47. The lowest BCUT2D eigenvalue weighted by Crippen LogP contribution is -2.49. The maximum Gasteiger partial charge on any atom is 0.0543 e. The summed E-state index contributed by atoms with van der Waals surface area (Å²) in [5, 5.41) is 10.2. The Hall–Kier alpha value is -0.560. The van der Waals surface area contributed by atoms with Gasteiger partial charge in [0.05, 0.1) is 6.10 Å². The van der Waals surface area contributed by atoms with Gasteiger partial charge in [0.15, 0.2) is 0 Å². The van der Waals surface area contributed by atoms with E-state index in [1.54, 1.807) is 0 Å². The van der Waals surface area contributed by atoms with Gasteiger partial charge in [0.25, 0.3) is 0 Å². The normalized spacial score (nSPS) is 46.8. The Morgan fingerprint density at radius 2 is 1.62 bits per heavy atom. The largest absolute Gasteiger partial charge is 0.393 e. The van der Waals surface area contributed by atoms with E-state index in [0.717, 1.165) is 36.5 Å². The van der Waals surface area contributed by atoms with Crippen molar-refractivity contribution in [2.45, 2.75) is 99.0 Å². The molecule has 4 aliphatic carbocycles. The van der Waals surface area contributed by atoms with Crippen LogP contribution in [-0.2, 0) is 0 Å². The van der Waals surface area contributed by atoms with Crippen LogP contribution >= 0.6 is 0 Å². The van der Waals surface area contributed by atoms with Gasteiger partial charge in [-0.15, -0.1) is 0 Å². The molecule has 0 unspecified atom stereocenters. The average molecular weight is 399 g/mol. The van der Waals surface area contributed by atoms with Crippen LogP contribution in [0.25, 0.3) is 0 Å². The SMILES string of the molecule is CC(C)[C@@H](C)C=C[C@@H](C)[C@H]1CC[C@H]2C3=CC[C@@H]4C[C@@H](O)CC[C@]4(C)[C@H]3CC[C@]12C. The number of hydrogen-bond donors (Lipinski definition) is 1. The van der Waals surface area contributed by atoms with Crippen LogP contribution in [0.2, 0.25) is 0 Å². The number of aliphatic hydroxyl groups is 1. The number of fused-ring (bicyclic) bond motifs is 5. The minimum Gasteiger partial charge on any atom is -0.393 e. The quantitative estimate of drug-likeness (QED) is 0.489. The van der Waals surface area contributed by atoms with Crippen molar-refractivity contribution in [1.82, 2.24) is 0 Å². The molecular formula is C28H46O. The molecule has 1 nitrogen and oxygen atoms in total. The molecule has 0 radical (unpaired) electrons. The van der Waals surface area contributed by atoms with E-state index in [1.807, 2.05) is 5.57 Å². The van der Waals surface area contributed by atoms with Crippen LogP contribution < -0.4 is 0 Å². The molecule has 0 saturated heterocycles. The Morgan fingerprint density at radius 3 is 2.34 bits per heavy atom. The Kier molecular flexibility index (Phi) is 5.86. The topological polar surface area (TPSA) is 20.2 Å². The van der Waals surface area contributed by atoms with Gasteiger partial charge in [-0.25, -0.2) is 0 Å². The highest BCUT2D eigenvalue weighted by Crippen LogP contribution is 2.66. The summed E-state index contributed by atoms with van der Waals surface area (Å²) in [5.74, 6) is 5.25. The molecule has 1 heteroatoms. The molecule has 0 aliphatic heterocycles. The van der Waals surface area contributed by atoms with Crippen LogP contribution in [-0.4, -0.2) is 11.2 Å². The highest BCUT2D eigenvalue weighted by molar-refractivity contribution is 5.28. The van der Waals surface area contributed by atoms with Crippen LogP contribution in [0.1, 0.15) is 92.9 Å². The molecule has 29 heavy (non-hydrogen) atoms. The predicted molar refractivity (Wildman–Crippen MR) is 124 cm³/mol. The third-order valence-electron chi connectivity index (χ3n) is 10.5. The monoisotopic (exact) mass is 398 g/mol. The second kappa shape index (κ2) is 7.85. The van der Waals surface area contributed by atoms with Crippen molar-refractivity contribution in [2.24, 2.45) is 52.3 Å². The minimum absolute atomic E-state index is 0.0476. The third-order valence-corrected chi connectivity index (χ3v) is 10.5. The molecule has 0 aromatic carbocycles. The molecule has 4 rings (SSSR count). The van der Waals surface area contributed by atoms with Crippen molar-refractivity contribution in [3.8, 4) is 0 Å². The van der Waals surface area contributed by atoms with Gasteiger partial charge >= 0.3 is 0 Å². The standard InChI is InChI=1S/C28H46O/c1-18(2)19(3)7-8-20(4)24-11-12-25-23-10-9-21-17-22(29)13-15-27(21,5)26(23)14-16-28(24,25)6/h7-8,10,18-22,24-26,29H,9,11-17H2,1-6H3/t19-,20+,21+,22-,24+,25-,26-,27-,28+/m0/s1. The fourth-order valence-electron chi connectivity index (χ4n) is 8.10. The van der Waals surface area contributed by atoms with Gasteiger partial charge in [0.2, 0.25) is 0 Å². The van der Waals surface area contributed by atoms with E-state index in [1.165, 1.54) is 38.5 Å². The number of allylic oxidation sites excluding steroid dienone is 4. The van der Waals surface area contributed by atoms with Gasteiger partial charge in [0, 0.05) is 0 Å². The minimum atomic E-state index is -0.0476. The van der Waals surface area contributed by atoms with Crippen molar-refractivity contribution >= 4 is 0 Å². The first-order chi connectivity index (χ1) is 13.7. The summed E-state index contributed by atoms with van der Waals surface area (Å²) in [7, 11) is 0. The van der Waals surface area contributed by atoms with Crippen molar-refractivity contribution in [1.29, 1.82) is 0 Å². The highest BCUT2D eigenvalue weighted by Gasteiger charge is 2.57. The zero-order valence-electron chi connectivity index (χ0n) is 20.0. The summed E-state index contributed by atoms with van der Waals surface area (Å²) >= 11 is 0. The van der Waals surface area contributed by atoms with Gasteiger partial charge < -0.3 is 5.11 Å². The molecule has 0 aromatic heterocycles. The molecule has 3 fully saturated rings. The smallest absolute Gasteiger partial charge is 0.0543 e. The van der Waals surface area contributed by atoms with Gasteiger partial charge in [-0.1, -0.05) is 65.3 Å². The lowest BCUT2D eigenvalue weighted by Gasteiger charge is -2.57. The zero-order valence-corrected chi connectivity index (χ0v) is 20.0. The van der Waals surface area contributed by atoms with Gasteiger partial charge in [-0.2, -0.15) is 0 Å². The Labute approximate surface area is 180 Å². The van der Waals surface area contributed by atoms with E-state index >= 15 is 0 Å². The second-order valence-corrected chi connectivity index (χ2v) is 12.3. The first-order valence-electron chi connectivity index (χ1n) is 12.7. The van der Waals surface area contributed by atoms with Gasteiger partial charge in [-0.3, -0.25) is 0 Å². The summed E-state index contributed by atoms with van der Waals surface area (Å²) in [6.45, 7) is 14.7. The highest BCUT2D eigenvalue weighted by atomic mass is 16.3. The molecule has 3 saturated carbocycles. The van der Waals surface area contributed by atoms with Crippen molar-refractivity contribution < 1.29 is 5.11 Å². The Bertz CT molecular complexity index is 659. The molecule has 0 aromatic rings. The summed E-state index contributed by atoms with van der Waals surface area (Å²) < 4.78 is 0.